The summed E-state index contributed by atoms with van der Waals surface area (Å²) < 4.78 is 0. The average molecular weight is 467 g/mol. The van der Waals surface area contributed by atoms with E-state index in [-0.39, 0.29) is 11.8 Å². The summed E-state index contributed by atoms with van der Waals surface area (Å²) in [7, 11) is 0. The fraction of sp³-hybridized carbons (Fsp3) is 0. The lowest BCUT2D eigenvalue weighted by Crippen LogP contribution is -2.11. The van der Waals surface area contributed by atoms with Crippen LogP contribution in [0.25, 0.3) is 44.7 Å². The van der Waals surface area contributed by atoms with Gasteiger partial charge in [0.1, 0.15) is 0 Å². The smallest absolute Gasteiger partial charge is 0.278 e. The number of hydrogen-bond acceptors (Lipinski definition) is 4. The van der Waals surface area contributed by atoms with Crippen molar-refractivity contribution in [3.05, 3.63) is 112 Å². The van der Waals surface area contributed by atoms with Gasteiger partial charge in [0.15, 0.2) is 5.88 Å². The van der Waals surface area contributed by atoms with Crippen molar-refractivity contribution in [2.75, 3.05) is 0 Å². The van der Waals surface area contributed by atoms with Crippen LogP contribution < -0.4 is 10.7 Å². The fourth-order valence-corrected chi connectivity index (χ4v) is 4.78. The van der Waals surface area contributed by atoms with Crippen LogP contribution in [0.2, 0.25) is 0 Å². The molecule has 6 aromatic rings. The molecule has 0 saturated heterocycles. The fourth-order valence-electron chi connectivity index (χ4n) is 4.78. The normalized spacial score (nSPS) is 14.2. The van der Waals surface area contributed by atoms with Gasteiger partial charge < -0.3 is 10.1 Å². The maximum absolute atomic E-state index is 12.3. The molecule has 0 unspecified atom stereocenters. The highest BCUT2D eigenvalue weighted by Gasteiger charge is 2.20. The molecule has 0 aliphatic carbocycles. The number of rotatable bonds is 2. The molecule has 1 aliphatic heterocycles. The minimum atomic E-state index is -0.229. The molecule has 0 bridgehead atoms. The molecule has 3 aromatic heterocycles. The van der Waals surface area contributed by atoms with Gasteiger partial charge in [-0.25, -0.2) is 15.0 Å². The van der Waals surface area contributed by atoms with E-state index in [1.807, 2.05) is 91.0 Å². The van der Waals surface area contributed by atoms with E-state index in [1.54, 1.807) is 6.07 Å². The van der Waals surface area contributed by atoms with E-state index in [9.17, 15) is 9.90 Å². The second-order valence-corrected chi connectivity index (χ2v) is 8.75. The number of fused-ring (bicyclic) bond motifs is 5. The number of nitrogens with one attached hydrogen (secondary N) is 1. The molecule has 0 saturated carbocycles. The van der Waals surface area contributed by atoms with Crippen LogP contribution in [0.15, 0.2) is 89.9 Å². The maximum atomic E-state index is 12.3. The molecule has 0 spiro atoms. The van der Waals surface area contributed by atoms with Crippen LogP contribution in [0.5, 0.6) is 5.88 Å². The van der Waals surface area contributed by atoms with E-state index in [1.165, 1.54) is 0 Å². The molecule has 6 nitrogen and oxygen atoms in total. The number of nitrogens with zero attached hydrogens (tertiary/aromatic N) is 3. The van der Waals surface area contributed by atoms with Crippen LogP contribution in [0.1, 0.15) is 21.6 Å². The maximum Gasteiger partial charge on any atom is 0.278 e. The Balaban J connectivity index is 1.41. The summed E-state index contributed by atoms with van der Waals surface area (Å²) in [5, 5.41) is 15.4. The van der Waals surface area contributed by atoms with Crippen LogP contribution in [0.4, 0.5) is 0 Å². The minimum Gasteiger partial charge on any atom is -0.494 e. The number of carbonyl (C=O) groups excluding carboxylic acids is 1. The number of carbonyl (C=O) groups is 1. The average Bonchev–Trinajstić information content (AvgIpc) is 3.40. The Morgan fingerprint density at radius 1 is 0.667 bits per heavy atom. The standard InChI is InChI=1S/C30H18N4O2/c35-29-23-7-3-1-5-21(23)25(33-29)15-19-13-11-17-9-10-18-12-14-20(32-28(18)27(17)31-19)16-26-22-6-2-4-8-24(22)30(36)34-26/h1-16,33,35H. The minimum absolute atomic E-state index is 0.139. The Labute approximate surface area is 204 Å². The topological polar surface area (TPSA) is 91.2 Å². The lowest BCUT2D eigenvalue weighted by molar-refractivity contribution is 0.101. The van der Waals surface area contributed by atoms with Gasteiger partial charge in [0, 0.05) is 27.1 Å². The first-order valence-electron chi connectivity index (χ1n) is 11.6. The highest BCUT2D eigenvalue weighted by Crippen LogP contribution is 2.27. The second kappa shape index (κ2) is 7.71. The molecule has 7 rings (SSSR count). The third kappa shape index (κ3) is 3.20. The van der Waals surface area contributed by atoms with Crippen LogP contribution >= 0.6 is 0 Å². The molecule has 0 atom stereocenters. The number of amides is 1. The molecule has 36 heavy (non-hydrogen) atoms. The van der Waals surface area contributed by atoms with Crippen LogP contribution in [-0.4, -0.2) is 31.7 Å². The number of benzene rings is 3. The van der Waals surface area contributed by atoms with Crippen molar-refractivity contribution in [1.82, 2.24) is 15.0 Å². The van der Waals surface area contributed by atoms with Gasteiger partial charge in [0.25, 0.3) is 5.91 Å². The third-order valence-electron chi connectivity index (χ3n) is 6.52. The summed E-state index contributed by atoms with van der Waals surface area (Å²) in [6.07, 6.45) is 3.76. The van der Waals surface area contributed by atoms with Gasteiger partial charge in [0.2, 0.25) is 0 Å². The highest BCUT2D eigenvalue weighted by molar-refractivity contribution is 6.32. The van der Waals surface area contributed by atoms with Gasteiger partial charge in [-0.2, -0.15) is 0 Å². The first kappa shape index (κ1) is 20.3. The molecule has 0 radical (unpaired) electrons. The summed E-state index contributed by atoms with van der Waals surface area (Å²) >= 11 is 0. The zero-order valence-corrected chi connectivity index (χ0v) is 18.9. The van der Waals surface area contributed by atoms with E-state index in [2.05, 4.69) is 9.98 Å². The quantitative estimate of drug-likeness (QED) is 0.374. The van der Waals surface area contributed by atoms with Gasteiger partial charge in [-0.3, -0.25) is 4.79 Å². The number of hydrogen-bond donors (Lipinski definition) is 2. The molecular formula is C30H18N4O2. The Bertz CT molecular complexity index is 2040. The molecule has 170 valence electrons. The van der Waals surface area contributed by atoms with Gasteiger partial charge in [-0.05, 0) is 36.4 Å². The van der Waals surface area contributed by atoms with Crippen molar-refractivity contribution in [3.8, 4) is 5.88 Å². The SMILES string of the molecule is O=C1N=C(C=c2ccc3ccc4ccc(=Cc5[nH]c(O)c6ccccc56)nc4c3n2)c2ccccc21. The van der Waals surface area contributed by atoms with E-state index in [4.69, 9.17) is 9.97 Å². The van der Waals surface area contributed by atoms with Crippen molar-refractivity contribution >= 4 is 56.3 Å². The Morgan fingerprint density at radius 3 is 1.97 bits per heavy atom. The van der Waals surface area contributed by atoms with Crippen molar-refractivity contribution in [2.24, 2.45) is 4.99 Å². The van der Waals surface area contributed by atoms with E-state index in [0.29, 0.717) is 16.6 Å². The first-order valence-corrected chi connectivity index (χ1v) is 11.6. The second-order valence-electron chi connectivity index (χ2n) is 8.75. The zero-order chi connectivity index (χ0) is 24.2. The summed E-state index contributed by atoms with van der Waals surface area (Å²) in [5.74, 6) is -0.0902. The summed E-state index contributed by atoms with van der Waals surface area (Å²) in [5.41, 5.74) is 4.39. The largest absolute Gasteiger partial charge is 0.494 e. The number of aromatic hydroxyl groups is 1. The number of aromatic nitrogens is 3. The summed E-state index contributed by atoms with van der Waals surface area (Å²) in [6, 6.07) is 27.1. The predicted octanol–water partition coefficient (Wildman–Crippen LogP) is 4.22. The van der Waals surface area contributed by atoms with Crippen molar-refractivity contribution in [1.29, 1.82) is 0 Å². The van der Waals surface area contributed by atoms with E-state index in [0.717, 1.165) is 49.2 Å². The van der Waals surface area contributed by atoms with Crippen molar-refractivity contribution in [3.63, 3.8) is 0 Å². The molecule has 4 heterocycles. The number of aromatic amines is 1. The Morgan fingerprint density at radius 2 is 1.25 bits per heavy atom. The molecule has 3 aromatic carbocycles. The third-order valence-corrected chi connectivity index (χ3v) is 6.52. The molecule has 2 N–H and O–H groups in total. The lowest BCUT2D eigenvalue weighted by atomic mass is 10.1. The number of pyridine rings is 2. The first-order chi connectivity index (χ1) is 17.6. The van der Waals surface area contributed by atoms with Crippen LogP contribution in [0.3, 0.4) is 0 Å². The zero-order valence-electron chi connectivity index (χ0n) is 18.9. The van der Waals surface area contributed by atoms with Crippen molar-refractivity contribution < 1.29 is 9.90 Å². The predicted molar refractivity (Wildman–Crippen MR) is 142 cm³/mol. The summed E-state index contributed by atoms with van der Waals surface area (Å²) in [6.45, 7) is 0. The van der Waals surface area contributed by atoms with Gasteiger partial charge in [-0.1, -0.05) is 60.7 Å². The Hall–Kier alpha value is -5.10. The molecule has 1 amide bonds. The van der Waals surface area contributed by atoms with Crippen molar-refractivity contribution in [2.45, 2.75) is 0 Å². The number of aliphatic imine (C=N–C) groups is 1. The van der Waals surface area contributed by atoms with Gasteiger partial charge >= 0.3 is 0 Å². The van der Waals surface area contributed by atoms with Gasteiger partial charge in [-0.15, -0.1) is 0 Å². The van der Waals surface area contributed by atoms with E-state index < -0.39 is 0 Å². The van der Waals surface area contributed by atoms with Crippen LogP contribution in [-0.2, 0) is 0 Å². The monoisotopic (exact) mass is 466 g/mol. The molecule has 0 fully saturated rings. The Kier molecular flexibility index (Phi) is 4.35. The van der Waals surface area contributed by atoms with Gasteiger partial charge in [0.05, 0.1) is 38.7 Å². The molecule has 1 aliphatic rings. The highest BCUT2D eigenvalue weighted by atomic mass is 16.3. The van der Waals surface area contributed by atoms with E-state index >= 15 is 0 Å². The van der Waals surface area contributed by atoms with Crippen LogP contribution in [0, 0.1) is 0 Å². The molecular weight excluding hydrogens is 448 g/mol. The lowest BCUT2D eigenvalue weighted by Gasteiger charge is -2.03. The summed E-state index contributed by atoms with van der Waals surface area (Å²) in [4.78, 5) is 29.3. The molecule has 6 heteroatoms. The number of H-pyrrole nitrogens is 1.